The topological polar surface area (TPSA) is 52.6 Å². The number of carbonyl (C=O) groups excluding carboxylic acids is 2. The zero-order valence-electron chi connectivity index (χ0n) is 12.2. The number of allylic oxidation sites excluding steroid dienone is 2. The minimum atomic E-state index is -0.554. The van der Waals surface area contributed by atoms with Crippen molar-refractivity contribution in [2.24, 2.45) is 0 Å². The van der Waals surface area contributed by atoms with Gasteiger partial charge in [-0.2, -0.15) is 0 Å². The maximum absolute atomic E-state index is 12.0. The molecular formula is C16H22O4. The normalized spacial score (nSPS) is 11.7. The number of esters is 2. The van der Waals surface area contributed by atoms with Gasteiger partial charge in [-0.1, -0.05) is 51.3 Å². The summed E-state index contributed by atoms with van der Waals surface area (Å²) in [5.74, 6) is -1.11. The predicted molar refractivity (Wildman–Crippen MR) is 79.1 cm³/mol. The van der Waals surface area contributed by atoms with Gasteiger partial charge < -0.3 is 9.47 Å². The van der Waals surface area contributed by atoms with Crippen LogP contribution in [0.3, 0.4) is 0 Å². The van der Waals surface area contributed by atoms with E-state index in [1.807, 2.05) is 13.8 Å². The molecule has 0 atom stereocenters. The molecule has 0 fully saturated rings. The Morgan fingerprint density at radius 3 is 1.45 bits per heavy atom. The summed E-state index contributed by atoms with van der Waals surface area (Å²) in [4.78, 5) is 24.0. The lowest BCUT2D eigenvalue weighted by molar-refractivity contribution is -0.141. The Balaban J connectivity index is 5.25. The van der Waals surface area contributed by atoms with Crippen molar-refractivity contribution in [3.63, 3.8) is 0 Å². The van der Waals surface area contributed by atoms with Gasteiger partial charge in [0.2, 0.25) is 0 Å². The first-order chi connectivity index (χ1) is 9.62. The second-order valence-electron chi connectivity index (χ2n) is 3.83. The van der Waals surface area contributed by atoms with Crippen LogP contribution < -0.4 is 0 Å². The third-order valence-corrected chi connectivity index (χ3v) is 2.21. The summed E-state index contributed by atoms with van der Waals surface area (Å²) in [5, 5.41) is 0. The van der Waals surface area contributed by atoms with Gasteiger partial charge in [0.05, 0.1) is 11.1 Å². The van der Waals surface area contributed by atoms with Gasteiger partial charge in [-0.3, -0.25) is 0 Å². The molecule has 4 heteroatoms. The zero-order chi connectivity index (χ0) is 15.4. The fourth-order valence-electron chi connectivity index (χ4n) is 1.44. The summed E-state index contributed by atoms with van der Waals surface area (Å²) in [6.45, 7) is 10.9. The lowest BCUT2D eigenvalue weighted by Gasteiger charge is -2.10. The predicted octanol–water partition coefficient (Wildman–Crippen LogP) is 3.12. The van der Waals surface area contributed by atoms with Crippen molar-refractivity contribution in [3.05, 3.63) is 48.6 Å². The molecule has 4 nitrogen and oxygen atoms in total. The molecular weight excluding hydrogens is 256 g/mol. The van der Waals surface area contributed by atoms with E-state index in [2.05, 4.69) is 13.2 Å². The van der Waals surface area contributed by atoms with Gasteiger partial charge in [0.25, 0.3) is 0 Å². The van der Waals surface area contributed by atoms with Gasteiger partial charge in [0.1, 0.15) is 13.2 Å². The van der Waals surface area contributed by atoms with E-state index in [1.54, 1.807) is 12.2 Å². The Kier molecular flexibility index (Phi) is 9.66. The fourth-order valence-corrected chi connectivity index (χ4v) is 1.44. The van der Waals surface area contributed by atoms with Crippen LogP contribution >= 0.6 is 0 Å². The van der Waals surface area contributed by atoms with Crippen LogP contribution in [-0.4, -0.2) is 25.2 Å². The minimum Gasteiger partial charge on any atom is -0.458 e. The molecule has 0 aliphatic heterocycles. The van der Waals surface area contributed by atoms with Crippen molar-refractivity contribution >= 4 is 11.9 Å². The summed E-state index contributed by atoms with van der Waals surface area (Å²) in [7, 11) is 0. The number of hydrogen-bond acceptors (Lipinski definition) is 4. The molecule has 0 heterocycles. The van der Waals surface area contributed by atoms with Crippen LogP contribution in [0.5, 0.6) is 0 Å². The Labute approximate surface area is 120 Å². The summed E-state index contributed by atoms with van der Waals surface area (Å²) >= 11 is 0. The summed E-state index contributed by atoms with van der Waals surface area (Å²) in [6.07, 6.45) is 7.47. The van der Waals surface area contributed by atoms with Crippen LogP contribution in [0, 0.1) is 0 Å². The first-order valence-electron chi connectivity index (χ1n) is 6.58. The lowest BCUT2D eigenvalue weighted by Crippen LogP contribution is -2.17. The molecule has 0 radical (unpaired) electrons. The van der Waals surface area contributed by atoms with Gasteiger partial charge in [-0.15, -0.1) is 0 Å². The highest BCUT2D eigenvalue weighted by atomic mass is 16.5. The molecule has 0 aromatic carbocycles. The lowest BCUT2D eigenvalue weighted by atomic mass is 10.0. The quantitative estimate of drug-likeness (QED) is 0.281. The third-order valence-electron chi connectivity index (χ3n) is 2.21. The maximum Gasteiger partial charge on any atom is 0.338 e. The highest BCUT2D eigenvalue weighted by molar-refractivity contribution is 6.07. The number of hydrogen-bond donors (Lipinski definition) is 0. The highest BCUT2D eigenvalue weighted by Crippen LogP contribution is 2.16. The van der Waals surface area contributed by atoms with Crippen LogP contribution in [0.2, 0.25) is 0 Å². The SMILES string of the molecule is C=CCOC(=O)C(=C/CC)/C(=C\CC)C(=O)OCC=C. The van der Waals surface area contributed by atoms with E-state index in [0.717, 1.165) is 0 Å². The maximum atomic E-state index is 12.0. The molecule has 0 amide bonds. The molecule has 0 N–H and O–H groups in total. The van der Waals surface area contributed by atoms with Crippen LogP contribution in [0.25, 0.3) is 0 Å². The van der Waals surface area contributed by atoms with E-state index in [4.69, 9.17) is 9.47 Å². The van der Waals surface area contributed by atoms with E-state index in [9.17, 15) is 9.59 Å². The standard InChI is InChI=1S/C16H22O4/c1-5-9-13(15(17)19-11-7-3)14(10-6-2)16(18)20-12-8-4/h7-10H,3-6,11-12H2,1-2H3/b13-9+,14-10+. The molecule has 0 bridgehead atoms. The number of rotatable bonds is 9. The number of ether oxygens (including phenoxy) is 2. The first-order valence-corrected chi connectivity index (χ1v) is 6.58. The van der Waals surface area contributed by atoms with Crippen LogP contribution in [0.1, 0.15) is 26.7 Å². The van der Waals surface area contributed by atoms with Crippen LogP contribution in [0.15, 0.2) is 48.6 Å². The second kappa shape index (κ2) is 10.8. The van der Waals surface area contributed by atoms with E-state index in [0.29, 0.717) is 12.8 Å². The van der Waals surface area contributed by atoms with Crippen molar-refractivity contribution in [3.8, 4) is 0 Å². The van der Waals surface area contributed by atoms with Crippen molar-refractivity contribution in [1.29, 1.82) is 0 Å². The van der Waals surface area contributed by atoms with Crippen molar-refractivity contribution in [2.45, 2.75) is 26.7 Å². The van der Waals surface area contributed by atoms with Crippen molar-refractivity contribution in [2.75, 3.05) is 13.2 Å². The Bertz CT molecular complexity index is 376. The van der Waals surface area contributed by atoms with Gasteiger partial charge in [0.15, 0.2) is 0 Å². The fraction of sp³-hybridized carbons (Fsp3) is 0.375. The van der Waals surface area contributed by atoms with E-state index >= 15 is 0 Å². The van der Waals surface area contributed by atoms with Gasteiger partial charge in [-0.05, 0) is 12.8 Å². The zero-order valence-corrected chi connectivity index (χ0v) is 12.2. The van der Waals surface area contributed by atoms with Crippen molar-refractivity contribution < 1.29 is 19.1 Å². The number of carbonyl (C=O) groups is 2. The molecule has 0 aromatic heterocycles. The molecule has 0 aliphatic rings. The summed E-state index contributed by atoms with van der Waals surface area (Å²) in [6, 6.07) is 0. The van der Waals surface area contributed by atoms with Crippen LogP contribution in [-0.2, 0) is 19.1 Å². The molecule has 0 rings (SSSR count). The van der Waals surface area contributed by atoms with Crippen molar-refractivity contribution in [1.82, 2.24) is 0 Å². The van der Waals surface area contributed by atoms with Gasteiger partial charge in [0, 0.05) is 0 Å². The minimum absolute atomic E-state index is 0.0982. The summed E-state index contributed by atoms with van der Waals surface area (Å²) < 4.78 is 9.99. The average Bonchev–Trinajstić information content (AvgIpc) is 2.45. The monoisotopic (exact) mass is 278 g/mol. The highest BCUT2D eigenvalue weighted by Gasteiger charge is 2.22. The van der Waals surface area contributed by atoms with Gasteiger partial charge >= 0.3 is 11.9 Å². The largest absolute Gasteiger partial charge is 0.458 e. The third kappa shape index (κ3) is 6.18. The molecule has 0 aromatic rings. The second-order valence-corrected chi connectivity index (χ2v) is 3.83. The molecule has 0 aliphatic carbocycles. The molecule has 20 heavy (non-hydrogen) atoms. The first kappa shape index (κ1) is 17.9. The summed E-state index contributed by atoms with van der Waals surface area (Å²) in [5.41, 5.74) is 0.454. The molecule has 0 saturated heterocycles. The molecule has 110 valence electrons. The average molecular weight is 278 g/mol. The van der Waals surface area contributed by atoms with E-state index < -0.39 is 11.9 Å². The Morgan fingerprint density at radius 1 is 0.850 bits per heavy atom. The molecule has 0 unspecified atom stereocenters. The van der Waals surface area contributed by atoms with E-state index in [1.165, 1.54) is 12.2 Å². The Morgan fingerprint density at radius 2 is 1.20 bits per heavy atom. The van der Waals surface area contributed by atoms with E-state index in [-0.39, 0.29) is 24.4 Å². The molecule has 0 spiro atoms. The molecule has 0 saturated carbocycles. The van der Waals surface area contributed by atoms with Crippen LogP contribution in [0.4, 0.5) is 0 Å². The van der Waals surface area contributed by atoms with Gasteiger partial charge in [-0.25, -0.2) is 9.59 Å². The smallest absolute Gasteiger partial charge is 0.338 e. The Hall–Kier alpha value is -2.10.